The Bertz CT molecular complexity index is 456. The lowest BCUT2D eigenvalue weighted by Gasteiger charge is -2.18. The zero-order valence-electron chi connectivity index (χ0n) is 10.7. The predicted molar refractivity (Wildman–Crippen MR) is 67.3 cm³/mol. The second-order valence-corrected chi connectivity index (χ2v) is 5.01. The minimum Gasteiger partial charge on any atom is -0.398 e. The van der Waals surface area contributed by atoms with E-state index in [1.54, 1.807) is 6.20 Å². The van der Waals surface area contributed by atoms with Gasteiger partial charge in [-0.1, -0.05) is 6.92 Å². The van der Waals surface area contributed by atoms with Crippen molar-refractivity contribution in [3.63, 3.8) is 0 Å². The molecule has 17 heavy (non-hydrogen) atoms. The number of likely N-dealkylation sites (tertiary alicyclic amines) is 1. The second kappa shape index (κ2) is 4.35. The number of nitrogen functional groups attached to an aromatic ring is 1. The molecule has 1 unspecified atom stereocenters. The number of rotatable bonds is 2. The van der Waals surface area contributed by atoms with Crippen LogP contribution in [0.2, 0.25) is 0 Å². The molecule has 0 radical (unpaired) electrons. The Balaban J connectivity index is 2.20. The fourth-order valence-corrected chi connectivity index (χ4v) is 2.26. The first kappa shape index (κ1) is 11.9. The first-order valence-corrected chi connectivity index (χ1v) is 5.97. The van der Waals surface area contributed by atoms with Crippen LogP contribution in [0.4, 0.5) is 5.69 Å². The van der Waals surface area contributed by atoms with Crippen LogP contribution in [-0.4, -0.2) is 22.3 Å². The Morgan fingerprint density at radius 2 is 2.24 bits per heavy atom. The molecule has 1 aliphatic heterocycles. The van der Waals surface area contributed by atoms with Crippen LogP contribution >= 0.6 is 0 Å². The van der Waals surface area contributed by atoms with E-state index in [2.05, 4.69) is 11.9 Å². The standard InChI is InChI=1S/C13H19N3O/c1-8-4-12(17)16(6-8)7-11-10(3)13(14)9(2)5-15-11/h5,8H,4,6-7H2,1-3H3,(H2,14,15). The average molecular weight is 233 g/mol. The Morgan fingerprint density at radius 3 is 2.82 bits per heavy atom. The highest BCUT2D eigenvalue weighted by Gasteiger charge is 2.27. The number of amides is 1. The summed E-state index contributed by atoms with van der Waals surface area (Å²) >= 11 is 0. The molecule has 2 rings (SSSR count). The van der Waals surface area contributed by atoms with Gasteiger partial charge in [-0.2, -0.15) is 0 Å². The van der Waals surface area contributed by atoms with Crippen LogP contribution < -0.4 is 5.73 Å². The maximum Gasteiger partial charge on any atom is 0.223 e. The van der Waals surface area contributed by atoms with Gasteiger partial charge in [0.15, 0.2) is 0 Å². The molecule has 2 N–H and O–H groups in total. The van der Waals surface area contributed by atoms with Gasteiger partial charge in [0.1, 0.15) is 0 Å². The van der Waals surface area contributed by atoms with Crippen molar-refractivity contribution in [1.82, 2.24) is 9.88 Å². The van der Waals surface area contributed by atoms with Crippen LogP contribution in [0.3, 0.4) is 0 Å². The van der Waals surface area contributed by atoms with Crippen LogP contribution in [-0.2, 0) is 11.3 Å². The molecule has 1 aromatic heterocycles. The van der Waals surface area contributed by atoms with Crippen molar-refractivity contribution in [3.05, 3.63) is 23.0 Å². The number of carbonyl (C=O) groups is 1. The van der Waals surface area contributed by atoms with Crippen molar-refractivity contribution in [2.75, 3.05) is 12.3 Å². The predicted octanol–water partition coefficient (Wildman–Crippen LogP) is 1.65. The topological polar surface area (TPSA) is 59.2 Å². The summed E-state index contributed by atoms with van der Waals surface area (Å²) in [7, 11) is 0. The number of nitrogens with two attached hydrogens (primary N) is 1. The van der Waals surface area contributed by atoms with Gasteiger partial charge in [-0.05, 0) is 30.9 Å². The minimum atomic E-state index is 0.220. The van der Waals surface area contributed by atoms with Gasteiger partial charge in [-0.3, -0.25) is 9.78 Å². The van der Waals surface area contributed by atoms with E-state index in [1.807, 2.05) is 18.7 Å². The zero-order valence-corrected chi connectivity index (χ0v) is 10.7. The zero-order chi connectivity index (χ0) is 12.6. The van der Waals surface area contributed by atoms with E-state index in [0.717, 1.165) is 29.1 Å². The molecule has 1 saturated heterocycles. The normalized spacial score (nSPS) is 20.1. The molecule has 1 aromatic rings. The van der Waals surface area contributed by atoms with E-state index >= 15 is 0 Å². The third-order valence-corrected chi connectivity index (χ3v) is 3.42. The summed E-state index contributed by atoms with van der Waals surface area (Å²) in [5.74, 6) is 0.670. The third kappa shape index (κ3) is 2.25. The molecule has 2 heterocycles. The summed E-state index contributed by atoms with van der Waals surface area (Å²) < 4.78 is 0. The molecule has 0 spiro atoms. The van der Waals surface area contributed by atoms with Gasteiger partial charge in [-0.25, -0.2) is 0 Å². The molecule has 4 nitrogen and oxygen atoms in total. The van der Waals surface area contributed by atoms with Crippen molar-refractivity contribution in [1.29, 1.82) is 0 Å². The van der Waals surface area contributed by atoms with Crippen LogP contribution in [0.1, 0.15) is 30.2 Å². The van der Waals surface area contributed by atoms with Crippen LogP contribution in [0, 0.1) is 19.8 Å². The summed E-state index contributed by atoms with van der Waals surface area (Å²) in [5.41, 5.74) is 9.67. The van der Waals surface area contributed by atoms with E-state index in [4.69, 9.17) is 5.73 Å². The second-order valence-electron chi connectivity index (χ2n) is 5.01. The Kier molecular flexibility index (Phi) is 3.05. The summed E-state index contributed by atoms with van der Waals surface area (Å²) in [4.78, 5) is 18.0. The van der Waals surface area contributed by atoms with Gasteiger partial charge in [0.2, 0.25) is 5.91 Å². The molecule has 0 aliphatic carbocycles. The number of anilines is 1. The number of pyridine rings is 1. The SMILES string of the molecule is Cc1cnc(CN2CC(C)CC2=O)c(C)c1N. The van der Waals surface area contributed by atoms with Gasteiger partial charge >= 0.3 is 0 Å². The molecule has 92 valence electrons. The van der Waals surface area contributed by atoms with Crippen LogP contribution in [0.15, 0.2) is 6.20 Å². The first-order valence-electron chi connectivity index (χ1n) is 5.97. The summed E-state index contributed by atoms with van der Waals surface area (Å²) in [5, 5.41) is 0. The lowest BCUT2D eigenvalue weighted by molar-refractivity contribution is -0.128. The fourth-order valence-electron chi connectivity index (χ4n) is 2.26. The highest BCUT2D eigenvalue weighted by atomic mass is 16.2. The minimum absolute atomic E-state index is 0.220. The quantitative estimate of drug-likeness (QED) is 0.845. The van der Waals surface area contributed by atoms with Crippen molar-refractivity contribution in [2.45, 2.75) is 33.7 Å². The van der Waals surface area contributed by atoms with Gasteiger partial charge in [0, 0.05) is 24.8 Å². The fraction of sp³-hybridized carbons (Fsp3) is 0.538. The first-order chi connectivity index (χ1) is 7.99. The van der Waals surface area contributed by atoms with Crippen LogP contribution in [0.5, 0.6) is 0 Å². The highest BCUT2D eigenvalue weighted by Crippen LogP contribution is 2.23. The average Bonchev–Trinajstić information content (AvgIpc) is 2.58. The molecule has 1 atom stereocenters. The number of aryl methyl sites for hydroxylation is 1. The lowest BCUT2D eigenvalue weighted by atomic mass is 10.1. The van der Waals surface area contributed by atoms with Crippen molar-refractivity contribution >= 4 is 11.6 Å². The van der Waals surface area contributed by atoms with E-state index in [-0.39, 0.29) is 5.91 Å². The smallest absolute Gasteiger partial charge is 0.223 e. The molecule has 1 fully saturated rings. The van der Waals surface area contributed by atoms with E-state index < -0.39 is 0 Å². The number of nitrogens with zero attached hydrogens (tertiary/aromatic N) is 2. The van der Waals surface area contributed by atoms with Gasteiger partial charge < -0.3 is 10.6 Å². The maximum atomic E-state index is 11.7. The number of hydrogen-bond donors (Lipinski definition) is 1. The number of carbonyl (C=O) groups excluding carboxylic acids is 1. The van der Waals surface area contributed by atoms with Crippen molar-refractivity contribution < 1.29 is 4.79 Å². The summed E-state index contributed by atoms with van der Waals surface area (Å²) in [6.07, 6.45) is 2.43. The van der Waals surface area contributed by atoms with E-state index in [0.29, 0.717) is 18.9 Å². The van der Waals surface area contributed by atoms with E-state index in [9.17, 15) is 4.79 Å². The van der Waals surface area contributed by atoms with Crippen LogP contribution in [0.25, 0.3) is 0 Å². The third-order valence-electron chi connectivity index (χ3n) is 3.42. The molecular formula is C13H19N3O. The monoisotopic (exact) mass is 233 g/mol. The van der Waals surface area contributed by atoms with Gasteiger partial charge in [0.05, 0.1) is 12.2 Å². The van der Waals surface area contributed by atoms with Gasteiger partial charge in [0.25, 0.3) is 0 Å². The molecule has 0 saturated carbocycles. The van der Waals surface area contributed by atoms with Crippen molar-refractivity contribution in [2.24, 2.45) is 5.92 Å². The highest BCUT2D eigenvalue weighted by molar-refractivity contribution is 5.78. The molecular weight excluding hydrogens is 214 g/mol. The summed E-state index contributed by atoms with van der Waals surface area (Å²) in [6, 6.07) is 0. The molecule has 0 bridgehead atoms. The number of hydrogen-bond acceptors (Lipinski definition) is 3. The summed E-state index contributed by atoms with van der Waals surface area (Å²) in [6.45, 7) is 7.42. The maximum absolute atomic E-state index is 11.7. The van der Waals surface area contributed by atoms with Gasteiger partial charge in [-0.15, -0.1) is 0 Å². The Labute approximate surface area is 102 Å². The lowest BCUT2D eigenvalue weighted by Crippen LogP contribution is -2.25. The largest absolute Gasteiger partial charge is 0.398 e. The van der Waals surface area contributed by atoms with E-state index in [1.165, 1.54) is 0 Å². The Morgan fingerprint density at radius 1 is 1.53 bits per heavy atom. The molecule has 4 heteroatoms. The molecule has 1 aliphatic rings. The van der Waals surface area contributed by atoms with Crippen molar-refractivity contribution in [3.8, 4) is 0 Å². The molecule has 0 aromatic carbocycles. The Hall–Kier alpha value is -1.58. The molecule has 1 amide bonds. The number of aromatic nitrogens is 1.